The fourth-order valence-electron chi connectivity index (χ4n) is 4.23. The van der Waals surface area contributed by atoms with Gasteiger partial charge in [-0.05, 0) is 37.8 Å². The summed E-state index contributed by atoms with van der Waals surface area (Å²) in [6.07, 6.45) is 6.57. The Morgan fingerprint density at radius 1 is 1.19 bits per heavy atom. The SMILES string of the molecule is CCCC[C@H](NC1CCCCC(N2C(=O)c3ccccc3C2=O)C1)C(=O)O. The molecule has 0 aromatic heterocycles. The van der Waals surface area contributed by atoms with Gasteiger partial charge in [0.2, 0.25) is 0 Å². The van der Waals surface area contributed by atoms with Crippen LogP contribution < -0.4 is 5.32 Å². The van der Waals surface area contributed by atoms with Crippen molar-refractivity contribution in [3.8, 4) is 0 Å². The highest BCUT2D eigenvalue weighted by molar-refractivity contribution is 6.21. The summed E-state index contributed by atoms with van der Waals surface area (Å²) in [5.41, 5.74) is 0.949. The van der Waals surface area contributed by atoms with Gasteiger partial charge in [-0.15, -0.1) is 0 Å². The number of carbonyl (C=O) groups is 3. The van der Waals surface area contributed by atoms with Gasteiger partial charge >= 0.3 is 5.97 Å². The molecule has 2 unspecified atom stereocenters. The van der Waals surface area contributed by atoms with Crippen molar-refractivity contribution < 1.29 is 19.5 Å². The molecule has 1 saturated carbocycles. The van der Waals surface area contributed by atoms with Crippen LogP contribution in [-0.4, -0.2) is 45.9 Å². The van der Waals surface area contributed by atoms with E-state index in [0.717, 1.165) is 38.5 Å². The van der Waals surface area contributed by atoms with E-state index in [2.05, 4.69) is 5.32 Å². The minimum absolute atomic E-state index is 0.000214. The average Bonchev–Trinajstić information content (AvgIpc) is 2.80. The van der Waals surface area contributed by atoms with Gasteiger partial charge in [0.05, 0.1) is 11.1 Å². The summed E-state index contributed by atoms with van der Waals surface area (Å²) in [5.74, 6) is -1.27. The Morgan fingerprint density at radius 3 is 2.41 bits per heavy atom. The molecule has 1 aromatic carbocycles. The maximum Gasteiger partial charge on any atom is 0.320 e. The number of carboxylic acid groups (broad SMARTS) is 1. The zero-order valence-electron chi connectivity index (χ0n) is 15.8. The first kappa shape index (κ1) is 19.5. The van der Waals surface area contributed by atoms with E-state index in [1.165, 1.54) is 4.90 Å². The first-order chi connectivity index (χ1) is 13.0. The number of rotatable bonds is 7. The molecule has 0 saturated heterocycles. The summed E-state index contributed by atoms with van der Waals surface area (Å²) < 4.78 is 0. The number of amides is 2. The normalized spacial score (nSPS) is 23.8. The Hall–Kier alpha value is -2.21. The lowest BCUT2D eigenvalue weighted by molar-refractivity contribution is -0.140. The van der Waals surface area contributed by atoms with Gasteiger partial charge in [0.15, 0.2) is 0 Å². The molecule has 3 atom stereocenters. The summed E-state index contributed by atoms with van der Waals surface area (Å²) in [6, 6.07) is 6.20. The van der Waals surface area contributed by atoms with E-state index in [-0.39, 0.29) is 23.9 Å². The molecule has 1 fully saturated rings. The zero-order chi connectivity index (χ0) is 19.4. The monoisotopic (exact) mass is 372 g/mol. The van der Waals surface area contributed by atoms with Crippen molar-refractivity contribution in [2.45, 2.75) is 76.4 Å². The predicted octanol–water partition coefficient (Wildman–Crippen LogP) is 3.22. The van der Waals surface area contributed by atoms with E-state index in [0.29, 0.717) is 24.0 Å². The van der Waals surface area contributed by atoms with Crippen LogP contribution in [0.15, 0.2) is 24.3 Å². The highest BCUT2D eigenvalue weighted by Gasteiger charge is 2.41. The number of carbonyl (C=O) groups excluding carboxylic acids is 2. The Morgan fingerprint density at radius 2 is 1.81 bits per heavy atom. The van der Waals surface area contributed by atoms with E-state index < -0.39 is 12.0 Å². The Labute approximate surface area is 159 Å². The van der Waals surface area contributed by atoms with E-state index in [1.807, 2.05) is 6.92 Å². The lowest BCUT2D eigenvalue weighted by Gasteiger charge is -2.29. The van der Waals surface area contributed by atoms with Crippen LogP contribution in [0.1, 0.15) is 79.0 Å². The lowest BCUT2D eigenvalue weighted by atomic mass is 10.0. The number of aliphatic carboxylic acids is 1. The maximum atomic E-state index is 12.8. The minimum Gasteiger partial charge on any atom is -0.480 e. The van der Waals surface area contributed by atoms with E-state index in [1.54, 1.807) is 24.3 Å². The summed E-state index contributed by atoms with van der Waals surface area (Å²) in [7, 11) is 0. The largest absolute Gasteiger partial charge is 0.480 e. The number of benzene rings is 1. The number of fused-ring (bicyclic) bond motifs is 1. The standard InChI is InChI=1S/C21H28N2O4/c1-2-3-12-18(21(26)27)22-14-8-4-5-9-15(13-14)23-19(24)16-10-6-7-11-17(16)20(23)25/h6-7,10-11,14-15,18,22H,2-5,8-9,12-13H2,1H3,(H,26,27)/t14?,15?,18-/m0/s1. The Kier molecular flexibility index (Phi) is 6.26. The average molecular weight is 372 g/mol. The van der Waals surface area contributed by atoms with Crippen molar-refractivity contribution in [2.24, 2.45) is 0 Å². The molecule has 6 heteroatoms. The minimum atomic E-state index is -0.829. The summed E-state index contributed by atoms with van der Waals surface area (Å²) in [5, 5.41) is 12.8. The topological polar surface area (TPSA) is 86.7 Å². The molecule has 0 radical (unpaired) electrons. The summed E-state index contributed by atoms with van der Waals surface area (Å²) >= 11 is 0. The van der Waals surface area contributed by atoms with Crippen LogP contribution in [0.25, 0.3) is 0 Å². The highest BCUT2D eigenvalue weighted by Crippen LogP contribution is 2.30. The molecule has 1 aromatic rings. The number of nitrogens with zero attached hydrogens (tertiary/aromatic N) is 1. The number of imide groups is 1. The first-order valence-corrected chi connectivity index (χ1v) is 9.98. The van der Waals surface area contributed by atoms with Crippen LogP contribution in [-0.2, 0) is 4.79 Å². The predicted molar refractivity (Wildman–Crippen MR) is 102 cm³/mol. The van der Waals surface area contributed by atoms with Gasteiger partial charge in [-0.25, -0.2) is 0 Å². The smallest absolute Gasteiger partial charge is 0.320 e. The number of hydrogen-bond acceptors (Lipinski definition) is 4. The molecule has 27 heavy (non-hydrogen) atoms. The third-order valence-electron chi connectivity index (χ3n) is 5.67. The molecular weight excluding hydrogens is 344 g/mol. The van der Waals surface area contributed by atoms with E-state index >= 15 is 0 Å². The fraction of sp³-hybridized carbons (Fsp3) is 0.571. The number of hydrogen-bond donors (Lipinski definition) is 2. The van der Waals surface area contributed by atoms with Crippen LogP contribution in [0, 0.1) is 0 Å². The van der Waals surface area contributed by atoms with Crippen LogP contribution in [0.5, 0.6) is 0 Å². The van der Waals surface area contributed by atoms with Gasteiger partial charge in [0, 0.05) is 12.1 Å². The second-order valence-corrected chi connectivity index (χ2v) is 7.60. The molecule has 0 spiro atoms. The Balaban J connectivity index is 1.72. The summed E-state index contributed by atoms with van der Waals surface area (Å²) in [6.45, 7) is 2.04. The molecule has 2 N–H and O–H groups in total. The van der Waals surface area contributed by atoms with Crippen molar-refractivity contribution in [2.75, 3.05) is 0 Å². The third kappa shape index (κ3) is 4.21. The van der Waals surface area contributed by atoms with Gasteiger partial charge in [0.1, 0.15) is 6.04 Å². The molecular formula is C21H28N2O4. The molecule has 2 aliphatic rings. The molecule has 1 aliphatic heterocycles. The lowest BCUT2D eigenvalue weighted by Crippen LogP contribution is -2.47. The van der Waals surface area contributed by atoms with Crippen LogP contribution in [0.4, 0.5) is 0 Å². The van der Waals surface area contributed by atoms with Crippen LogP contribution in [0.3, 0.4) is 0 Å². The quantitative estimate of drug-likeness (QED) is 0.567. The molecule has 1 aliphatic carbocycles. The molecule has 0 bridgehead atoms. The van der Waals surface area contributed by atoms with Gasteiger partial charge in [-0.1, -0.05) is 44.7 Å². The van der Waals surface area contributed by atoms with Gasteiger partial charge in [-0.2, -0.15) is 0 Å². The van der Waals surface area contributed by atoms with Crippen molar-refractivity contribution in [1.29, 1.82) is 0 Å². The highest BCUT2D eigenvalue weighted by atomic mass is 16.4. The summed E-state index contributed by atoms with van der Waals surface area (Å²) in [4.78, 5) is 38.6. The fourth-order valence-corrected chi connectivity index (χ4v) is 4.23. The molecule has 6 nitrogen and oxygen atoms in total. The van der Waals surface area contributed by atoms with Gasteiger partial charge in [-0.3, -0.25) is 19.3 Å². The second-order valence-electron chi connectivity index (χ2n) is 7.60. The molecule has 1 heterocycles. The number of unbranched alkanes of at least 4 members (excludes halogenated alkanes) is 1. The number of nitrogens with one attached hydrogen (secondary N) is 1. The Bertz CT molecular complexity index is 683. The van der Waals surface area contributed by atoms with E-state index in [4.69, 9.17) is 0 Å². The van der Waals surface area contributed by atoms with Gasteiger partial charge in [0.25, 0.3) is 11.8 Å². The molecule has 3 rings (SSSR count). The molecule has 2 amide bonds. The first-order valence-electron chi connectivity index (χ1n) is 9.98. The third-order valence-corrected chi connectivity index (χ3v) is 5.67. The second kappa shape index (κ2) is 8.65. The molecule has 146 valence electrons. The van der Waals surface area contributed by atoms with Crippen molar-refractivity contribution in [1.82, 2.24) is 10.2 Å². The maximum absolute atomic E-state index is 12.8. The van der Waals surface area contributed by atoms with Crippen molar-refractivity contribution in [3.63, 3.8) is 0 Å². The van der Waals surface area contributed by atoms with E-state index in [9.17, 15) is 19.5 Å². The van der Waals surface area contributed by atoms with Gasteiger partial charge < -0.3 is 10.4 Å². The number of carboxylic acids is 1. The van der Waals surface area contributed by atoms with Crippen molar-refractivity contribution >= 4 is 17.8 Å². The van der Waals surface area contributed by atoms with Crippen molar-refractivity contribution in [3.05, 3.63) is 35.4 Å². The van der Waals surface area contributed by atoms with Crippen LogP contribution in [0.2, 0.25) is 0 Å². The zero-order valence-corrected chi connectivity index (χ0v) is 15.8. The van der Waals surface area contributed by atoms with Crippen LogP contribution >= 0.6 is 0 Å².